The molecule has 2 N–H and O–H groups in total. The van der Waals surface area contributed by atoms with E-state index in [1.807, 2.05) is 39.8 Å². The molecule has 0 fully saturated rings. The van der Waals surface area contributed by atoms with Gasteiger partial charge in [0.15, 0.2) is 5.82 Å². The first-order valence-electron chi connectivity index (χ1n) is 8.26. The van der Waals surface area contributed by atoms with Gasteiger partial charge in [0.2, 0.25) is 0 Å². The van der Waals surface area contributed by atoms with Gasteiger partial charge in [-0.15, -0.1) is 11.3 Å². The molecule has 0 unspecified atom stereocenters. The van der Waals surface area contributed by atoms with E-state index >= 15 is 0 Å². The van der Waals surface area contributed by atoms with Crippen LogP contribution in [0.5, 0.6) is 0 Å². The first-order valence-corrected chi connectivity index (χ1v) is 9.07. The predicted octanol–water partition coefficient (Wildman–Crippen LogP) is 2.19. The maximum absolute atomic E-state index is 12.2. The van der Waals surface area contributed by atoms with Crippen LogP contribution in [-0.2, 0) is 0 Å². The molecule has 1 amide bonds. The molecule has 0 radical (unpaired) electrons. The third-order valence-corrected chi connectivity index (χ3v) is 4.78. The third-order valence-electron chi connectivity index (χ3n) is 3.71. The number of rotatable bonds is 6. The zero-order valence-electron chi connectivity index (χ0n) is 15.2. The van der Waals surface area contributed by atoms with Crippen molar-refractivity contribution in [3.63, 3.8) is 0 Å². The summed E-state index contributed by atoms with van der Waals surface area (Å²) in [6.45, 7) is 8.70. The van der Waals surface area contributed by atoms with Gasteiger partial charge in [-0.05, 0) is 33.8 Å². The lowest BCUT2D eigenvalue weighted by atomic mass is 10.3. The number of hydrogen-bond acceptors (Lipinski definition) is 7. The van der Waals surface area contributed by atoms with E-state index in [-0.39, 0.29) is 5.91 Å². The van der Waals surface area contributed by atoms with Crippen molar-refractivity contribution in [1.82, 2.24) is 30.0 Å². The van der Waals surface area contributed by atoms with Gasteiger partial charge in [0.25, 0.3) is 5.91 Å². The maximum Gasteiger partial charge on any atom is 0.263 e. The monoisotopic (exact) mass is 371 g/mol. The first-order chi connectivity index (χ1) is 12.4. The number of nitrogens with zero attached hydrogens (tertiary/aromatic N) is 5. The number of amides is 1. The summed E-state index contributed by atoms with van der Waals surface area (Å²) in [5.41, 5.74) is 2.71. The molecular weight excluding hydrogens is 350 g/mol. The summed E-state index contributed by atoms with van der Waals surface area (Å²) in [4.78, 5) is 25.6. The average Bonchev–Trinajstić information content (AvgIpc) is 3.12. The van der Waals surface area contributed by atoms with Gasteiger partial charge in [-0.25, -0.2) is 19.6 Å². The van der Waals surface area contributed by atoms with E-state index in [4.69, 9.17) is 0 Å². The molecule has 3 aromatic rings. The molecule has 3 aromatic heterocycles. The summed E-state index contributed by atoms with van der Waals surface area (Å²) < 4.78 is 1.78. The van der Waals surface area contributed by atoms with Gasteiger partial charge in [-0.2, -0.15) is 5.10 Å². The molecule has 136 valence electrons. The topological polar surface area (TPSA) is 97.6 Å². The van der Waals surface area contributed by atoms with Crippen LogP contribution in [0, 0.1) is 27.7 Å². The molecule has 0 aliphatic carbocycles. The summed E-state index contributed by atoms with van der Waals surface area (Å²) in [7, 11) is 0. The highest BCUT2D eigenvalue weighted by atomic mass is 32.1. The highest BCUT2D eigenvalue weighted by Gasteiger charge is 2.13. The number of anilines is 1. The van der Waals surface area contributed by atoms with Crippen LogP contribution in [0.2, 0.25) is 0 Å². The number of aromatic nitrogens is 5. The van der Waals surface area contributed by atoms with E-state index in [0.717, 1.165) is 22.1 Å². The molecule has 9 heteroatoms. The zero-order chi connectivity index (χ0) is 18.7. The van der Waals surface area contributed by atoms with E-state index in [1.165, 1.54) is 17.7 Å². The van der Waals surface area contributed by atoms with Crippen LogP contribution in [0.1, 0.15) is 31.8 Å². The lowest BCUT2D eigenvalue weighted by Gasteiger charge is -2.08. The normalized spacial score (nSPS) is 10.8. The summed E-state index contributed by atoms with van der Waals surface area (Å²) in [5, 5.41) is 11.4. The van der Waals surface area contributed by atoms with Gasteiger partial charge >= 0.3 is 0 Å². The molecule has 0 saturated heterocycles. The van der Waals surface area contributed by atoms with Crippen LogP contribution in [0.4, 0.5) is 5.82 Å². The van der Waals surface area contributed by atoms with Gasteiger partial charge in [0.1, 0.15) is 17.0 Å². The SMILES string of the molecule is Cc1cc(C)n(-c2cc(NCCNC(=O)c3sc(C)nc3C)ncn2)n1. The van der Waals surface area contributed by atoms with Gasteiger partial charge in [0, 0.05) is 24.8 Å². The van der Waals surface area contributed by atoms with Crippen LogP contribution in [0.15, 0.2) is 18.5 Å². The lowest BCUT2D eigenvalue weighted by molar-refractivity contribution is 0.0958. The van der Waals surface area contributed by atoms with Gasteiger partial charge in [-0.3, -0.25) is 4.79 Å². The minimum absolute atomic E-state index is 0.0964. The van der Waals surface area contributed by atoms with Crippen LogP contribution >= 0.6 is 11.3 Å². The molecule has 3 rings (SSSR count). The molecule has 26 heavy (non-hydrogen) atoms. The van der Waals surface area contributed by atoms with Crippen molar-refractivity contribution in [2.45, 2.75) is 27.7 Å². The fourth-order valence-electron chi connectivity index (χ4n) is 2.61. The Balaban J connectivity index is 1.55. The summed E-state index contributed by atoms with van der Waals surface area (Å²) in [6.07, 6.45) is 1.50. The van der Waals surface area contributed by atoms with Crippen molar-refractivity contribution in [1.29, 1.82) is 0 Å². The number of nitrogens with one attached hydrogen (secondary N) is 2. The van der Waals surface area contributed by atoms with Crippen LogP contribution in [-0.4, -0.2) is 43.7 Å². The molecule has 3 heterocycles. The highest BCUT2D eigenvalue weighted by Crippen LogP contribution is 2.16. The van der Waals surface area contributed by atoms with Crippen molar-refractivity contribution < 1.29 is 4.79 Å². The maximum atomic E-state index is 12.2. The standard InChI is InChI=1S/C17H21N7OS/c1-10-7-11(2)24(23-10)15-8-14(20-9-21-15)18-5-6-19-17(25)16-12(3)22-13(4)26-16/h7-9H,5-6H2,1-4H3,(H,19,25)(H,18,20,21). The number of thiazole rings is 1. The smallest absolute Gasteiger partial charge is 0.263 e. The Morgan fingerprint density at radius 1 is 1.15 bits per heavy atom. The Morgan fingerprint density at radius 2 is 1.96 bits per heavy atom. The van der Waals surface area contributed by atoms with Crippen LogP contribution in [0.25, 0.3) is 5.82 Å². The molecule has 0 aromatic carbocycles. The van der Waals surface area contributed by atoms with E-state index in [0.29, 0.717) is 29.6 Å². The van der Waals surface area contributed by atoms with Crippen LogP contribution in [0.3, 0.4) is 0 Å². The Morgan fingerprint density at radius 3 is 2.62 bits per heavy atom. The number of carbonyl (C=O) groups is 1. The number of hydrogen-bond donors (Lipinski definition) is 2. The third kappa shape index (κ3) is 4.05. The largest absolute Gasteiger partial charge is 0.368 e. The molecule has 0 aliphatic rings. The van der Waals surface area contributed by atoms with Crippen LogP contribution < -0.4 is 10.6 Å². The second kappa shape index (κ2) is 7.61. The molecule has 0 spiro atoms. The molecule has 0 bridgehead atoms. The Hall–Kier alpha value is -2.81. The second-order valence-corrected chi connectivity index (χ2v) is 7.13. The fraction of sp³-hybridized carbons (Fsp3) is 0.353. The minimum Gasteiger partial charge on any atom is -0.368 e. The Bertz CT molecular complexity index is 931. The van der Waals surface area contributed by atoms with E-state index in [9.17, 15) is 4.79 Å². The van der Waals surface area contributed by atoms with Crippen molar-refractivity contribution in [3.05, 3.63) is 45.4 Å². The molecule has 0 atom stereocenters. The Kier molecular flexibility index (Phi) is 5.27. The van der Waals surface area contributed by atoms with E-state index < -0.39 is 0 Å². The molecule has 0 saturated carbocycles. The van der Waals surface area contributed by atoms with Crippen molar-refractivity contribution in [2.75, 3.05) is 18.4 Å². The molecular formula is C17H21N7OS. The van der Waals surface area contributed by atoms with E-state index in [2.05, 4.69) is 30.7 Å². The van der Waals surface area contributed by atoms with Crippen molar-refractivity contribution in [2.24, 2.45) is 0 Å². The molecule has 0 aliphatic heterocycles. The van der Waals surface area contributed by atoms with Crippen molar-refractivity contribution in [3.8, 4) is 5.82 Å². The van der Waals surface area contributed by atoms with Crippen molar-refractivity contribution >= 4 is 23.1 Å². The minimum atomic E-state index is -0.0964. The number of aryl methyl sites for hydroxylation is 4. The zero-order valence-corrected chi connectivity index (χ0v) is 16.0. The first kappa shape index (κ1) is 18.0. The van der Waals surface area contributed by atoms with Gasteiger partial charge < -0.3 is 10.6 Å². The number of carbonyl (C=O) groups excluding carboxylic acids is 1. The summed E-state index contributed by atoms with van der Waals surface area (Å²) >= 11 is 1.41. The quantitative estimate of drug-likeness (QED) is 0.645. The fourth-order valence-corrected chi connectivity index (χ4v) is 3.45. The summed E-state index contributed by atoms with van der Waals surface area (Å²) in [5.74, 6) is 1.29. The second-order valence-electron chi connectivity index (χ2n) is 5.93. The predicted molar refractivity (Wildman–Crippen MR) is 101 cm³/mol. The lowest BCUT2D eigenvalue weighted by Crippen LogP contribution is -2.28. The highest BCUT2D eigenvalue weighted by molar-refractivity contribution is 7.13. The Labute approximate surface area is 155 Å². The summed E-state index contributed by atoms with van der Waals surface area (Å²) in [6, 6.07) is 3.83. The van der Waals surface area contributed by atoms with E-state index in [1.54, 1.807) is 4.68 Å². The average molecular weight is 371 g/mol. The van der Waals surface area contributed by atoms with Gasteiger partial charge in [0.05, 0.1) is 16.4 Å². The molecule has 8 nitrogen and oxygen atoms in total. The van der Waals surface area contributed by atoms with Gasteiger partial charge in [-0.1, -0.05) is 0 Å².